The molecule has 11 heavy (non-hydrogen) atoms. The number of aryl methyl sites for hydroxylation is 1. The fraction of sp³-hybridized carbons (Fsp3) is 0.286. The van der Waals surface area contributed by atoms with Gasteiger partial charge in [0, 0.05) is 12.5 Å². The van der Waals surface area contributed by atoms with Crippen molar-refractivity contribution >= 4 is 5.65 Å². The Morgan fingerprint density at radius 2 is 2.55 bits per heavy atom. The lowest BCUT2D eigenvalue weighted by molar-refractivity contribution is 0.830. The summed E-state index contributed by atoms with van der Waals surface area (Å²) in [5, 5.41) is 3.93. The van der Waals surface area contributed by atoms with E-state index in [-0.39, 0.29) is 0 Å². The third-order valence-electron chi connectivity index (χ3n) is 1.46. The highest BCUT2D eigenvalue weighted by Gasteiger charge is 1.96. The second kappa shape index (κ2) is 2.30. The van der Waals surface area contributed by atoms with Gasteiger partial charge in [-0.15, -0.1) is 0 Å². The van der Waals surface area contributed by atoms with Crippen molar-refractivity contribution in [1.29, 1.82) is 0 Å². The average molecular weight is 147 g/mol. The van der Waals surface area contributed by atoms with E-state index in [2.05, 4.69) is 21.4 Å². The standard InChI is InChI=1S/C7H7N4/c1-2-6-8-5-11-7(10-6)3-4-9-11/h3-4H,2H2,1H3. The molecule has 1 radical (unpaired) electrons. The lowest BCUT2D eigenvalue weighted by Crippen LogP contribution is -1.98. The third kappa shape index (κ3) is 0.960. The van der Waals surface area contributed by atoms with Crippen LogP contribution in [0.25, 0.3) is 5.65 Å². The van der Waals surface area contributed by atoms with Gasteiger partial charge >= 0.3 is 0 Å². The van der Waals surface area contributed by atoms with Gasteiger partial charge in [-0.1, -0.05) is 6.92 Å². The average Bonchev–Trinajstić information content (AvgIpc) is 2.50. The maximum absolute atomic E-state index is 4.21. The first-order valence-electron chi connectivity index (χ1n) is 3.48. The van der Waals surface area contributed by atoms with E-state index in [1.165, 1.54) is 4.52 Å². The Hall–Kier alpha value is -1.45. The van der Waals surface area contributed by atoms with Gasteiger partial charge in [0.05, 0.1) is 6.20 Å². The summed E-state index contributed by atoms with van der Waals surface area (Å²) in [5.41, 5.74) is 0.803. The van der Waals surface area contributed by atoms with Crippen LogP contribution in [-0.4, -0.2) is 19.6 Å². The smallest absolute Gasteiger partial charge is 0.202 e. The van der Waals surface area contributed by atoms with Crippen LogP contribution in [0.15, 0.2) is 12.3 Å². The van der Waals surface area contributed by atoms with Crippen LogP contribution in [0.4, 0.5) is 0 Å². The van der Waals surface area contributed by atoms with E-state index in [0.29, 0.717) is 0 Å². The zero-order chi connectivity index (χ0) is 7.68. The first-order chi connectivity index (χ1) is 5.40. The molecule has 0 fully saturated rings. The fourth-order valence-electron chi connectivity index (χ4n) is 0.879. The van der Waals surface area contributed by atoms with Crippen molar-refractivity contribution in [2.75, 3.05) is 0 Å². The number of rotatable bonds is 1. The Bertz CT molecular complexity index is 365. The highest BCUT2D eigenvalue weighted by atomic mass is 15.3. The molecule has 2 aromatic heterocycles. The van der Waals surface area contributed by atoms with Gasteiger partial charge in [0.2, 0.25) is 6.33 Å². The number of aromatic nitrogens is 4. The Balaban J connectivity index is 2.67. The molecular weight excluding hydrogens is 140 g/mol. The van der Waals surface area contributed by atoms with Gasteiger partial charge in [-0.2, -0.15) is 9.61 Å². The Morgan fingerprint density at radius 3 is 3.36 bits per heavy atom. The summed E-state index contributed by atoms with van der Waals surface area (Å²) in [4.78, 5) is 8.17. The Morgan fingerprint density at radius 1 is 1.64 bits per heavy atom. The summed E-state index contributed by atoms with van der Waals surface area (Å²) >= 11 is 0. The molecular formula is C7H7N4. The van der Waals surface area contributed by atoms with Crippen molar-refractivity contribution in [3.63, 3.8) is 0 Å². The van der Waals surface area contributed by atoms with Crippen LogP contribution in [0.3, 0.4) is 0 Å². The molecule has 0 saturated heterocycles. The second-order valence-electron chi connectivity index (χ2n) is 2.19. The zero-order valence-electron chi connectivity index (χ0n) is 6.15. The first kappa shape index (κ1) is 6.27. The summed E-state index contributed by atoms with van der Waals surface area (Å²) in [6.45, 7) is 2.01. The molecule has 0 atom stereocenters. The van der Waals surface area contributed by atoms with Crippen molar-refractivity contribution in [2.45, 2.75) is 13.3 Å². The molecule has 4 nitrogen and oxygen atoms in total. The molecule has 4 heteroatoms. The minimum atomic E-state index is 0.803. The number of hydrogen-bond donors (Lipinski definition) is 0. The summed E-state index contributed by atoms with van der Waals surface area (Å²) in [5.74, 6) is 0.804. The van der Waals surface area contributed by atoms with Crippen molar-refractivity contribution in [3.05, 3.63) is 24.4 Å². The minimum absolute atomic E-state index is 0.803. The molecule has 0 bridgehead atoms. The van der Waals surface area contributed by atoms with Gasteiger partial charge in [0.25, 0.3) is 0 Å². The van der Waals surface area contributed by atoms with E-state index in [9.17, 15) is 0 Å². The summed E-state index contributed by atoms with van der Waals surface area (Å²) in [6, 6.07) is 1.83. The maximum Gasteiger partial charge on any atom is 0.202 e. The van der Waals surface area contributed by atoms with Gasteiger partial charge < -0.3 is 0 Å². The van der Waals surface area contributed by atoms with Crippen molar-refractivity contribution in [1.82, 2.24) is 19.6 Å². The van der Waals surface area contributed by atoms with Crippen LogP contribution >= 0.6 is 0 Å². The second-order valence-corrected chi connectivity index (χ2v) is 2.19. The molecule has 0 N–H and O–H groups in total. The molecule has 2 aromatic rings. The summed E-state index contributed by atoms with van der Waals surface area (Å²) in [6.07, 6.45) is 5.26. The third-order valence-corrected chi connectivity index (χ3v) is 1.46. The van der Waals surface area contributed by atoms with E-state index in [4.69, 9.17) is 0 Å². The van der Waals surface area contributed by atoms with E-state index in [0.717, 1.165) is 17.9 Å². The van der Waals surface area contributed by atoms with E-state index < -0.39 is 0 Å². The zero-order valence-corrected chi connectivity index (χ0v) is 6.15. The monoisotopic (exact) mass is 147 g/mol. The van der Waals surface area contributed by atoms with Crippen molar-refractivity contribution in [3.8, 4) is 0 Å². The summed E-state index contributed by atoms with van der Waals surface area (Å²) in [7, 11) is 0. The summed E-state index contributed by atoms with van der Waals surface area (Å²) < 4.78 is 1.53. The Labute approximate surface area is 63.9 Å². The fourth-order valence-corrected chi connectivity index (χ4v) is 0.879. The van der Waals surface area contributed by atoms with Crippen LogP contribution in [0.2, 0.25) is 0 Å². The predicted octanol–water partition coefficient (Wildman–Crippen LogP) is 0.487. The van der Waals surface area contributed by atoms with Gasteiger partial charge in [-0.25, -0.2) is 9.97 Å². The van der Waals surface area contributed by atoms with Crippen molar-refractivity contribution in [2.24, 2.45) is 0 Å². The molecule has 0 aliphatic heterocycles. The molecule has 0 amide bonds. The minimum Gasteiger partial charge on any atom is -0.214 e. The van der Waals surface area contributed by atoms with Gasteiger partial charge in [0.15, 0.2) is 5.65 Å². The van der Waals surface area contributed by atoms with Crippen LogP contribution in [0, 0.1) is 6.33 Å². The van der Waals surface area contributed by atoms with Crippen LogP contribution in [0.5, 0.6) is 0 Å². The van der Waals surface area contributed by atoms with E-state index >= 15 is 0 Å². The van der Waals surface area contributed by atoms with Gasteiger partial charge in [0.1, 0.15) is 5.82 Å². The molecule has 0 aromatic carbocycles. The highest BCUT2D eigenvalue weighted by Crippen LogP contribution is 1.96. The van der Waals surface area contributed by atoms with Crippen molar-refractivity contribution < 1.29 is 0 Å². The van der Waals surface area contributed by atoms with E-state index in [1.807, 2.05) is 13.0 Å². The topological polar surface area (TPSA) is 43.1 Å². The molecule has 2 heterocycles. The lowest BCUT2D eigenvalue weighted by Gasteiger charge is -1.93. The Kier molecular flexibility index (Phi) is 1.31. The predicted molar refractivity (Wildman–Crippen MR) is 39.0 cm³/mol. The van der Waals surface area contributed by atoms with Gasteiger partial charge in [-0.3, -0.25) is 0 Å². The normalized spacial score (nSPS) is 10.6. The SMILES string of the molecule is CCc1n[c]n2nccc2n1. The molecule has 2 rings (SSSR count). The highest BCUT2D eigenvalue weighted by molar-refractivity contribution is 5.34. The molecule has 0 aliphatic rings. The largest absolute Gasteiger partial charge is 0.214 e. The van der Waals surface area contributed by atoms with E-state index in [1.54, 1.807) is 6.20 Å². The first-order valence-corrected chi connectivity index (χ1v) is 3.48. The van der Waals surface area contributed by atoms with Crippen LogP contribution in [-0.2, 0) is 6.42 Å². The van der Waals surface area contributed by atoms with Crippen LogP contribution in [0.1, 0.15) is 12.7 Å². The quantitative estimate of drug-likeness (QED) is 0.589. The molecule has 0 spiro atoms. The molecule has 0 saturated carbocycles. The molecule has 55 valence electrons. The molecule has 0 aliphatic carbocycles. The maximum atomic E-state index is 4.21. The van der Waals surface area contributed by atoms with Crippen LogP contribution < -0.4 is 0 Å². The molecule has 0 unspecified atom stereocenters. The van der Waals surface area contributed by atoms with Gasteiger partial charge in [-0.05, 0) is 0 Å². The number of hydrogen-bond acceptors (Lipinski definition) is 3. The number of nitrogens with zero attached hydrogens (tertiary/aromatic N) is 4. The number of fused-ring (bicyclic) bond motifs is 1. The lowest BCUT2D eigenvalue weighted by atomic mass is 10.4.